The van der Waals surface area contributed by atoms with E-state index < -0.39 is 0 Å². The smallest absolute Gasteiger partial charge is 0.219 e. The molecular weight excluding hydrogens is 310 g/mol. The number of amides is 1. The third-order valence-corrected chi connectivity index (χ3v) is 5.64. The summed E-state index contributed by atoms with van der Waals surface area (Å²) in [5.41, 5.74) is 3.59. The molecule has 0 aliphatic carbocycles. The molecule has 3 atom stereocenters. The van der Waals surface area contributed by atoms with Gasteiger partial charge >= 0.3 is 0 Å². The molecule has 2 fully saturated rings. The number of benzene rings is 1. The van der Waals surface area contributed by atoms with Crippen LogP contribution < -0.4 is 0 Å². The van der Waals surface area contributed by atoms with Gasteiger partial charge in [-0.3, -0.25) is 14.7 Å². The summed E-state index contributed by atoms with van der Waals surface area (Å²) < 4.78 is 0. The van der Waals surface area contributed by atoms with Gasteiger partial charge in [-0.2, -0.15) is 0 Å². The lowest BCUT2D eigenvalue weighted by Gasteiger charge is -2.29. The first-order chi connectivity index (χ1) is 12.1. The molecular formula is C21H25N3O. The third kappa shape index (κ3) is 3.19. The lowest BCUT2D eigenvalue weighted by Crippen LogP contribution is -2.34. The van der Waals surface area contributed by atoms with Gasteiger partial charge in [0.05, 0.1) is 11.7 Å². The second-order valence-electron chi connectivity index (χ2n) is 7.47. The van der Waals surface area contributed by atoms with Crippen molar-refractivity contribution in [3.8, 4) is 0 Å². The summed E-state index contributed by atoms with van der Waals surface area (Å²) in [5.74, 6) is 1.26. The molecule has 4 rings (SSSR count). The summed E-state index contributed by atoms with van der Waals surface area (Å²) in [6.45, 7) is 7.62. The molecule has 130 valence electrons. The zero-order valence-corrected chi connectivity index (χ0v) is 14.9. The van der Waals surface area contributed by atoms with Crippen LogP contribution >= 0.6 is 0 Å². The second-order valence-corrected chi connectivity index (χ2v) is 7.47. The topological polar surface area (TPSA) is 36.4 Å². The largest absolute Gasteiger partial charge is 0.335 e. The van der Waals surface area contributed by atoms with Crippen molar-refractivity contribution in [2.45, 2.75) is 26.4 Å². The highest BCUT2D eigenvalue weighted by Crippen LogP contribution is 2.45. The van der Waals surface area contributed by atoms with E-state index in [1.54, 1.807) is 6.92 Å². The minimum Gasteiger partial charge on any atom is -0.335 e. The number of carbonyl (C=O) groups excluding carboxylic acids is 1. The number of carbonyl (C=O) groups is 1. The molecule has 0 unspecified atom stereocenters. The molecule has 0 N–H and O–H groups in total. The highest BCUT2D eigenvalue weighted by molar-refractivity contribution is 5.74. The fraction of sp³-hybridized carbons (Fsp3) is 0.429. The third-order valence-electron chi connectivity index (χ3n) is 5.64. The summed E-state index contributed by atoms with van der Waals surface area (Å²) in [4.78, 5) is 21.3. The van der Waals surface area contributed by atoms with Crippen LogP contribution in [0.5, 0.6) is 0 Å². The van der Waals surface area contributed by atoms with Crippen LogP contribution in [0.2, 0.25) is 0 Å². The monoisotopic (exact) mass is 335 g/mol. The van der Waals surface area contributed by atoms with Crippen LogP contribution in [0, 0.1) is 18.8 Å². The van der Waals surface area contributed by atoms with Crippen LogP contribution in [-0.2, 0) is 11.3 Å². The zero-order valence-electron chi connectivity index (χ0n) is 14.9. The molecule has 0 spiro atoms. The summed E-state index contributed by atoms with van der Waals surface area (Å²) in [6, 6.07) is 15.0. The number of aryl methyl sites for hydroxylation is 1. The maximum absolute atomic E-state index is 12.2. The predicted octanol–water partition coefficient (Wildman–Crippen LogP) is 3.04. The Morgan fingerprint density at radius 3 is 2.60 bits per heavy atom. The number of pyridine rings is 1. The fourth-order valence-corrected chi connectivity index (χ4v) is 4.49. The molecule has 3 heterocycles. The molecule has 2 aliphatic heterocycles. The van der Waals surface area contributed by atoms with Gasteiger partial charge in [-0.25, -0.2) is 0 Å². The molecule has 1 amide bonds. The van der Waals surface area contributed by atoms with E-state index in [-0.39, 0.29) is 11.9 Å². The SMILES string of the molecule is CC(=O)N1C[C@H]2CN(Cc3ccc(C)cn3)C[C@H]2[C@@H]1c1ccccc1. The van der Waals surface area contributed by atoms with Crippen molar-refractivity contribution in [2.24, 2.45) is 11.8 Å². The van der Waals surface area contributed by atoms with Crippen LogP contribution in [0.3, 0.4) is 0 Å². The van der Waals surface area contributed by atoms with Crippen LogP contribution in [0.1, 0.15) is 29.8 Å². The van der Waals surface area contributed by atoms with Crippen LogP contribution in [0.4, 0.5) is 0 Å². The number of hydrogen-bond donors (Lipinski definition) is 0. The molecule has 1 aromatic carbocycles. The molecule has 4 nitrogen and oxygen atoms in total. The number of nitrogens with zero attached hydrogens (tertiary/aromatic N) is 3. The highest BCUT2D eigenvalue weighted by Gasteiger charge is 2.48. The minimum absolute atomic E-state index is 0.190. The number of likely N-dealkylation sites (tertiary alicyclic amines) is 2. The quantitative estimate of drug-likeness (QED) is 0.865. The van der Waals surface area contributed by atoms with Crippen molar-refractivity contribution in [1.82, 2.24) is 14.8 Å². The molecule has 2 aliphatic rings. The van der Waals surface area contributed by atoms with E-state index >= 15 is 0 Å². The van der Waals surface area contributed by atoms with E-state index in [1.807, 2.05) is 12.3 Å². The van der Waals surface area contributed by atoms with Crippen molar-refractivity contribution in [3.63, 3.8) is 0 Å². The molecule has 2 aromatic rings. The van der Waals surface area contributed by atoms with E-state index in [4.69, 9.17) is 0 Å². The van der Waals surface area contributed by atoms with Gasteiger partial charge < -0.3 is 4.90 Å². The fourth-order valence-electron chi connectivity index (χ4n) is 4.49. The molecule has 0 bridgehead atoms. The Hall–Kier alpha value is -2.20. The van der Waals surface area contributed by atoms with Crippen LogP contribution in [0.25, 0.3) is 0 Å². The Balaban J connectivity index is 1.52. The number of aromatic nitrogens is 1. The normalized spacial score (nSPS) is 26.0. The first-order valence-corrected chi connectivity index (χ1v) is 9.08. The van der Waals surface area contributed by atoms with Gasteiger partial charge in [-0.1, -0.05) is 36.4 Å². The van der Waals surface area contributed by atoms with Gasteiger partial charge in [-0.15, -0.1) is 0 Å². The summed E-state index contributed by atoms with van der Waals surface area (Å²) >= 11 is 0. The van der Waals surface area contributed by atoms with Crippen molar-refractivity contribution >= 4 is 5.91 Å². The minimum atomic E-state index is 0.190. The second kappa shape index (κ2) is 6.60. The van der Waals surface area contributed by atoms with E-state index in [1.165, 1.54) is 11.1 Å². The summed E-state index contributed by atoms with van der Waals surface area (Å²) in [6.07, 6.45) is 1.94. The van der Waals surface area contributed by atoms with Crippen molar-refractivity contribution in [2.75, 3.05) is 19.6 Å². The molecule has 2 saturated heterocycles. The van der Waals surface area contributed by atoms with E-state index in [9.17, 15) is 4.79 Å². The maximum atomic E-state index is 12.2. The molecule has 1 aromatic heterocycles. The van der Waals surface area contributed by atoms with Gasteiger partial charge in [0, 0.05) is 45.2 Å². The number of hydrogen-bond acceptors (Lipinski definition) is 3. The lowest BCUT2D eigenvalue weighted by molar-refractivity contribution is -0.130. The van der Waals surface area contributed by atoms with Gasteiger partial charge in [0.15, 0.2) is 0 Å². The first-order valence-electron chi connectivity index (χ1n) is 9.08. The Morgan fingerprint density at radius 1 is 1.12 bits per heavy atom. The molecule has 0 saturated carbocycles. The predicted molar refractivity (Wildman–Crippen MR) is 97.8 cm³/mol. The van der Waals surface area contributed by atoms with Crippen molar-refractivity contribution in [3.05, 3.63) is 65.5 Å². The van der Waals surface area contributed by atoms with Crippen molar-refractivity contribution < 1.29 is 4.79 Å². The Morgan fingerprint density at radius 2 is 1.92 bits per heavy atom. The number of fused-ring (bicyclic) bond motifs is 1. The van der Waals surface area contributed by atoms with Crippen LogP contribution in [0.15, 0.2) is 48.7 Å². The van der Waals surface area contributed by atoms with Crippen LogP contribution in [-0.4, -0.2) is 40.3 Å². The van der Waals surface area contributed by atoms with E-state index in [2.05, 4.69) is 58.1 Å². The van der Waals surface area contributed by atoms with E-state index in [0.717, 1.165) is 31.9 Å². The first kappa shape index (κ1) is 16.3. The lowest BCUT2D eigenvalue weighted by atomic mass is 9.89. The summed E-state index contributed by atoms with van der Waals surface area (Å²) in [5, 5.41) is 0. The van der Waals surface area contributed by atoms with E-state index in [0.29, 0.717) is 11.8 Å². The van der Waals surface area contributed by atoms with Gasteiger partial charge in [0.25, 0.3) is 0 Å². The highest BCUT2D eigenvalue weighted by atomic mass is 16.2. The number of rotatable bonds is 3. The standard InChI is InChI=1S/C21H25N3O/c1-15-8-9-19(22-10-15)13-23-11-18-12-24(16(2)25)21(20(18)14-23)17-6-4-3-5-7-17/h3-10,18,20-21H,11-14H2,1-2H3/t18-,20-,21+/m1/s1. The van der Waals surface area contributed by atoms with Crippen molar-refractivity contribution in [1.29, 1.82) is 0 Å². The van der Waals surface area contributed by atoms with Gasteiger partial charge in [0.1, 0.15) is 0 Å². The average molecular weight is 335 g/mol. The Labute approximate surface area is 149 Å². The molecule has 4 heteroatoms. The average Bonchev–Trinajstić information content (AvgIpc) is 3.15. The van der Waals surface area contributed by atoms with Gasteiger partial charge in [-0.05, 0) is 30.0 Å². The molecule has 0 radical (unpaired) electrons. The zero-order chi connectivity index (χ0) is 17.4. The summed E-state index contributed by atoms with van der Waals surface area (Å²) in [7, 11) is 0. The maximum Gasteiger partial charge on any atom is 0.219 e. The Bertz CT molecular complexity index is 743. The molecule has 25 heavy (non-hydrogen) atoms. The Kier molecular flexibility index (Phi) is 4.30. The van der Waals surface area contributed by atoms with Gasteiger partial charge in [0.2, 0.25) is 5.91 Å².